The highest BCUT2D eigenvalue weighted by molar-refractivity contribution is 8.01. The van der Waals surface area contributed by atoms with Gasteiger partial charge in [-0.15, -0.1) is 0 Å². The van der Waals surface area contributed by atoms with E-state index in [2.05, 4.69) is 59.3 Å². The minimum Gasteiger partial charge on any atom is -0.331 e. The van der Waals surface area contributed by atoms with Crippen LogP contribution in [0.2, 0.25) is 10.0 Å². The second kappa shape index (κ2) is 13.1. The summed E-state index contributed by atoms with van der Waals surface area (Å²) in [6, 6.07) is 46.5. The number of rotatable bonds is 8. The van der Waals surface area contributed by atoms with Gasteiger partial charge in [0.05, 0.1) is 0 Å². The number of hydrogen-bond acceptors (Lipinski definition) is 4. The van der Waals surface area contributed by atoms with Crippen LogP contribution in [0.3, 0.4) is 0 Å². The zero-order valence-electron chi connectivity index (χ0n) is 22.3. The van der Waals surface area contributed by atoms with Crippen molar-refractivity contribution in [1.29, 1.82) is 0 Å². The third-order valence-electron chi connectivity index (χ3n) is 6.63. The first-order valence-electron chi connectivity index (χ1n) is 13.3. The lowest BCUT2D eigenvalue weighted by molar-refractivity contribution is 0.685. The Balaban J connectivity index is 1.51. The van der Waals surface area contributed by atoms with Gasteiger partial charge in [-0.2, -0.15) is 5.10 Å². The lowest BCUT2D eigenvalue weighted by Gasteiger charge is -2.40. The van der Waals surface area contributed by atoms with Crippen molar-refractivity contribution in [1.82, 2.24) is 10.7 Å². The van der Waals surface area contributed by atoms with Crippen molar-refractivity contribution < 1.29 is 0 Å². The second-order valence-corrected chi connectivity index (χ2v) is 12.7. The number of nitrogens with zero attached hydrogens (tertiary/aromatic N) is 2. The summed E-state index contributed by atoms with van der Waals surface area (Å²) in [6.45, 7) is 0. The molecule has 1 heterocycles. The van der Waals surface area contributed by atoms with Crippen molar-refractivity contribution in [3.8, 4) is 0 Å². The normalized spacial score (nSPS) is 18.0. The molecular formula is C34H26Cl2N4S2. The number of nitrogens with one attached hydrogen (secondary N) is 2. The summed E-state index contributed by atoms with van der Waals surface area (Å²) < 4.78 is 0. The molecule has 42 heavy (non-hydrogen) atoms. The highest BCUT2D eigenvalue weighted by Crippen LogP contribution is 2.45. The van der Waals surface area contributed by atoms with Crippen LogP contribution >= 0.6 is 46.7 Å². The molecule has 0 amide bonds. The van der Waals surface area contributed by atoms with Gasteiger partial charge < -0.3 is 5.32 Å². The maximum absolute atomic E-state index is 6.73. The second-order valence-electron chi connectivity index (χ2n) is 9.42. The molecule has 5 aromatic carbocycles. The molecule has 2 atom stereocenters. The fourth-order valence-corrected chi connectivity index (χ4v) is 7.83. The largest absolute Gasteiger partial charge is 0.331 e. The van der Waals surface area contributed by atoms with Gasteiger partial charge in [0.15, 0.2) is 4.87 Å². The van der Waals surface area contributed by atoms with Gasteiger partial charge in [-0.25, -0.2) is 10.4 Å². The van der Waals surface area contributed by atoms with Gasteiger partial charge in [-0.1, -0.05) is 150 Å². The summed E-state index contributed by atoms with van der Waals surface area (Å²) in [6.07, 6.45) is 0. The highest BCUT2D eigenvalue weighted by atomic mass is 35.5. The van der Waals surface area contributed by atoms with Crippen molar-refractivity contribution in [3.05, 3.63) is 166 Å². The van der Waals surface area contributed by atoms with Crippen molar-refractivity contribution in [2.45, 2.75) is 20.0 Å². The Labute approximate surface area is 264 Å². The van der Waals surface area contributed by atoms with Crippen LogP contribution in [0.25, 0.3) is 0 Å². The van der Waals surface area contributed by atoms with Crippen LogP contribution in [0.1, 0.15) is 22.1 Å². The lowest BCUT2D eigenvalue weighted by atomic mass is 9.95. The quantitative estimate of drug-likeness (QED) is 0.169. The molecule has 2 unspecified atom stereocenters. The van der Waals surface area contributed by atoms with E-state index in [0.29, 0.717) is 16.0 Å². The molecule has 0 fully saturated rings. The Hall–Kier alpha value is -3.68. The summed E-state index contributed by atoms with van der Waals surface area (Å²) >= 11 is 16.7. The van der Waals surface area contributed by atoms with Crippen LogP contribution in [0, 0.1) is 0 Å². The fraction of sp³-hybridized carbons (Fsp3) is 0.0588. The van der Waals surface area contributed by atoms with E-state index in [1.165, 1.54) is 0 Å². The fourth-order valence-electron chi connectivity index (χ4n) is 4.69. The van der Waals surface area contributed by atoms with Crippen molar-refractivity contribution >= 4 is 58.4 Å². The molecule has 0 saturated heterocycles. The molecule has 6 rings (SSSR count). The van der Waals surface area contributed by atoms with E-state index >= 15 is 0 Å². The van der Waals surface area contributed by atoms with Crippen LogP contribution in [0.4, 0.5) is 0 Å². The average Bonchev–Trinajstić information content (AvgIpc) is 3.03. The van der Waals surface area contributed by atoms with E-state index < -0.39 is 10.2 Å². The number of hydrogen-bond donors (Lipinski definition) is 2. The molecule has 1 aliphatic rings. The summed E-state index contributed by atoms with van der Waals surface area (Å²) in [7, 11) is 0. The average molecular weight is 626 g/mol. The molecule has 0 saturated carbocycles. The molecule has 0 aliphatic carbocycles. The lowest BCUT2D eigenvalue weighted by Crippen LogP contribution is -2.57. The van der Waals surface area contributed by atoms with Gasteiger partial charge in [0.1, 0.15) is 11.1 Å². The van der Waals surface area contributed by atoms with Gasteiger partial charge in [0.25, 0.3) is 0 Å². The number of aliphatic imine (C=N–C) groups is 1. The van der Waals surface area contributed by atoms with E-state index in [9.17, 15) is 0 Å². The summed E-state index contributed by atoms with van der Waals surface area (Å²) in [5.74, 6) is 0.506. The van der Waals surface area contributed by atoms with Crippen LogP contribution in [-0.2, 0) is 4.87 Å². The number of guanidine groups is 1. The molecule has 208 valence electrons. The van der Waals surface area contributed by atoms with E-state index in [0.717, 1.165) is 32.2 Å². The number of halogens is 2. The first-order valence-corrected chi connectivity index (χ1v) is 15.8. The van der Waals surface area contributed by atoms with Gasteiger partial charge in [-0.05, 0) is 42.0 Å². The molecule has 1 aliphatic heterocycles. The SMILES string of the molecule is Clc1cccc(Cl)c1C(/N=C1\NN=C(c2ccccc2)C(Sc2ccccc2)(c2ccccc2)N1)Sc1ccccc1. The zero-order chi connectivity index (χ0) is 28.8. The zero-order valence-corrected chi connectivity index (χ0v) is 25.5. The third kappa shape index (κ3) is 6.22. The van der Waals surface area contributed by atoms with E-state index in [1.54, 1.807) is 23.5 Å². The van der Waals surface area contributed by atoms with Crippen LogP contribution < -0.4 is 10.7 Å². The summed E-state index contributed by atoms with van der Waals surface area (Å²) in [4.78, 5) is 6.50. The first-order chi connectivity index (χ1) is 20.6. The molecule has 0 spiro atoms. The van der Waals surface area contributed by atoms with E-state index in [4.69, 9.17) is 33.3 Å². The predicted molar refractivity (Wildman–Crippen MR) is 179 cm³/mol. The Bertz CT molecular complexity index is 1680. The monoisotopic (exact) mass is 624 g/mol. The van der Waals surface area contributed by atoms with E-state index in [-0.39, 0.29) is 0 Å². The number of hydrazone groups is 1. The first kappa shape index (κ1) is 28.4. The topological polar surface area (TPSA) is 48.8 Å². The summed E-state index contributed by atoms with van der Waals surface area (Å²) in [5, 5.41) is 9.42. The maximum Gasteiger partial charge on any atom is 0.215 e. The maximum atomic E-state index is 6.73. The number of benzene rings is 5. The molecule has 8 heteroatoms. The van der Waals surface area contributed by atoms with Gasteiger partial charge in [0.2, 0.25) is 5.96 Å². The standard InChI is InChI=1S/C34H26Cl2N4S2/c35-28-22-13-23-29(36)30(28)32(41-26-18-9-3-10-19-26)37-33-38-34(25-16-7-2-8-17-25,42-27-20-11-4-12-21-27)31(39-40-33)24-14-5-1-6-15-24/h1-23,32H,(H2,37,38,40). The number of thioether (sulfide) groups is 2. The molecule has 0 radical (unpaired) electrons. The Morgan fingerprint density at radius 3 is 1.81 bits per heavy atom. The van der Waals surface area contributed by atoms with Crippen molar-refractivity contribution in [2.24, 2.45) is 10.1 Å². The van der Waals surface area contributed by atoms with Gasteiger partial charge in [0, 0.05) is 31.0 Å². The Kier molecular flexibility index (Phi) is 8.87. The molecule has 5 aromatic rings. The predicted octanol–water partition coefficient (Wildman–Crippen LogP) is 9.38. The molecule has 4 nitrogen and oxygen atoms in total. The Morgan fingerprint density at radius 2 is 1.19 bits per heavy atom. The third-order valence-corrected chi connectivity index (χ3v) is 9.74. The van der Waals surface area contributed by atoms with Crippen LogP contribution in [-0.4, -0.2) is 11.7 Å². The summed E-state index contributed by atoms with van der Waals surface area (Å²) in [5.41, 5.74) is 6.83. The van der Waals surface area contributed by atoms with Crippen LogP contribution in [0.5, 0.6) is 0 Å². The van der Waals surface area contributed by atoms with Gasteiger partial charge >= 0.3 is 0 Å². The van der Waals surface area contributed by atoms with E-state index in [1.807, 2.05) is 91.0 Å². The minimum absolute atomic E-state index is 0.452. The highest BCUT2D eigenvalue weighted by Gasteiger charge is 2.43. The van der Waals surface area contributed by atoms with Crippen molar-refractivity contribution in [2.75, 3.05) is 0 Å². The molecule has 0 aromatic heterocycles. The molecule has 2 N–H and O–H groups in total. The van der Waals surface area contributed by atoms with Crippen molar-refractivity contribution in [3.63, 3.8) is 0 Å². The van der Waals surface area contributed by atoms with Crippen LogP contribution in [0.15, 0.2) is 159 Å². The van der Waals surface area contributed by atoms with Gasteiger partial charge in [-0.3, -0.25) is 0 Å². The smallest absolute Gasteiger partial charge is 0.215 e. The Morgan fingerprint density at radius 1 is 0.643 bits per heavy atom. The minimum atomic E-state index is -0.805. The molecule has 0 bridgehead atoms. The molecular weight excluding hydrogens is 599 g/mol.